The lowest BCUT2D eigenvalue weighted by Crippen LogP contribution is -2.12. The maximum Gasteiger partial charge on any atom is 0.338 e. The Morgan fingerprint density at radius 3 is 3.21 bits per heavy atom. The summed E-state index contributed by atoms with van der Waals surface area (Å²) in [6, 6.07) is 3.44. The Balaban J connectivity index is 1.88. The average Bonchev–Trinajstić information content (AvgIpc) is 3.08. The first-order valence-corrected chi connectivity index (χ1v) is 6.40. The molecule has 1 fully saturated rings. The van der Waals surface area contributed by atoms with Crippen LogP contribution in [-0.2, 0) is 11.2 Å². The molecule has 0 radical (unpaired) electrons. The number of rotatable bonds is 3. The van der Waals surface area contributed by atoms with Crippen molar-refractivity contribution in [3.8, 4) is 0 Å². The van der Waals surface area contributed by atoms with Crippen LogP contribution >= 0.6 is 0 Å². The fourth-order valence-corrected chi connectivity index (χ4v) is 2.47. The van der Waals surface area contributed by atoms with Crippen LogP contribution in [0.5, 0.6) is 0 Å². The van der Waals surface area contributed by atoms with E-state index < -0.39 is 0 Å². The van der Waals surface area contributed by atoms with Crippen LogP contribution in [0.3, 0.4) is 0 Å². The number of fused-ring (bicyclic) bond motifs is 1. The van der Waals surface area contributed by atoms with E-state index in [1.807, 2.05) is 10.6 Å². The normalized spacial score (nSPS) is 18.9. The van der Waals surface area contributed by atoms with Crippen LogP contribution < -0.4 is 5.32 Å². The molecule has 0 bridgehead atoms. The van der Waals surface area contributed by atoms with Crippen molar-refractivity contribution in [2.75, 3.05) is 20.2 Å². The molecule has 0 aromatic carbocycles. The molecule has 3 rings (SSSR count). The van der Waals surface area contributed by atoms with Gasteiger partial charge in [-0.15, -0.1) is 10.2 Å². The summed E-state index contributed by atoms with van der Waals surface area (Å²) in [7, 11) is 1.37. The quantitative estimate of drug-likeness (QED) is 0.821. The number of aromatic nitrogens is 3. The molecule has 100 valence electrons. The second-order valence-electron chi connectivity index (χ2n) is 4.81. The van der Waals surface area contributed by atoms with Crippen molar-refractivity contribution in [2.24, 2.45) is 5.92 Å². The summed E-state index contributed by atoms with van der Waals surface area (Å²) < 4.78 is 6.63. The van der Waals surface area contributed by atoms with Crippen molar-refractivity contribution in [1.82, 2.24) is 19.9 Å². The topological polar surface area (TPSA) is 68.5 Å². The largest absolute Gasteiger partial charge is 0.465 e. The van der Waals surface area contributed by atoms with Gasteiger partial charge in [0.25, 0.3) is 0 Å². The standard InChI is InChI=1S/C13H16N4O2/c1-19-13(18)10-3-5-17-11(15-16-12(17)7-10)6-9-2-4-14-8-9/h3,5,7,9,14H,2,4,6,8H2,1H3. The highest BCUT2D eigenvalue weighted by molar-refractivity contribution is 5.90. The maximum absolute atomic E-state index is 11.5. The van der Waals surface area contributed by atoms with Gasteiger partial charge in [0.05, 0.1) is 12.7 Å². The van der Waals surface area contributed by atoms with Gasteiger partial charge in [-0.1, -0.05) is 0 Å². The number of pyridine rings is 1. The van der Waals surface area contributed by atoms with Crippen molar-refractivity contribution >= 4 is 11.6 Å². The summed E-state index contributed by atoms with van der Waals surface area (Å²) in [5.41, 5.74) is 1.18. The second kappa shape index (κ2) is 4.97. The molecule has 1 unspecified atom stereocenters. The van der Waals surface area contributed by atoms with Crippen LogP contribution in [0.2, 0.25) is 0 Å². The molecule has 1 aliphatic rings. The van der Waals surface area contributed by atoms with Gasteiger partial charge in [-0.05, 0) is 37.6 Å². The zero-order valence-corrected chi connectivity index (χ0v) is 10.8. The molecule has 1 atom stereocenters. The number of nitrogens with one attached hydrogen (secondary N) is 1. The summed E-state index contributed by atoms with van der Waals surface area (Å²) in [6.07, 6.45) is 3.92. The Morgan fingerprint density at radius 1 is 1.58 bits per heavy atom. The van der Waals surface area contributed by atoms with Crippen molar-refractivity contribution in [1.29, 1.82) is 0 Å². The lowest BCUT2D eigenvalue weighted by Gasteiger charge is -2.06. The minimum Gasteiger partial charge on any atom is -0.465 e. The summed E-state index contributed by atoms with van der Waals surface area (Å²) in [5, 5.41) is 11.7. The number of ether oxygens (including phenoxy) is 1. The van der Waals surface area contributed by atoms with Gasteiger partial charge in [0.15, 0.2) is 5.65 Å². The third-order valence-electron chi connectivity index (χ3n) is 3.54. The first kappa shape index (κ1) is 12.1. The number of carbonyl (C=O) groups excluding carboxylic acids is 1. The molecule has 0 aliphatic carbocycles. The molecule has 6 nitrogen and oxygen atoms in total. The van der Waals surface area contributed by atoms with Crippen molar-refractivity contribution in [3.63, 3.8) is 0 Å². The third kappa shape index (κ3) is 2.31. The number of nitrogens with zero attached hydrogens (tertiary/aromatic N) is 3. The predicted molar refractivity (Wildman–Crippen MR) is 69.0 cm³/mol. The van der Waals surface area contributed by atoms with Crippen molar-refractivity contribution in [3.05, 3.63) is 29.7 Å². The molecule has 0 saturated carbocycles. The monoisotopic (exact) mass is 260 g/mol. The number of carbonyl (C=O) groups is 1. The highest BCUT2D eigenvalue weighted by atomic mass is 16.5. The minimum atomic E-state index is -0.355. The maximum atomic E-state index is 11.5. The molecule has 1 aliphatic heterocycles. The SMILES string of the molecule is COC(=O)c1ccn2c(CC3CCNC3)nnc2c1. The lowest BCUT2D eigenvalue weighted by molar-refractivity contribution is 0.0600. The summed E-state index contributed by atoms with van der Waals surface area (Å²) in [6.45, 7) is 2.11. The smallest absolute Gasteiger partial charge is 0.338 e. The lowest BCUT2D eigenvalue weighted by atomic mass is 10.0. The highest BCUT2D eigenvalue weighted by Crippen LogP contribution is 2.15. The highest BCUT2D eigenvalue weighted by Gasteiger charge is 2.18. The number of esters is 1. The van der Waals surface area contributed by atoms with E-state index in [9.17, 15) is 4.79 Å². The fraction of sp³-hybridized carbons (Fsp3) is 0.462. The molecule has 6 heteroatoms. The van der Waals surface area contributed by atoms with Gasteiger partial charge in [0.1, 0.15) is 5.82 Å². The molecular weight excluding hydrogens is 244 g/mol. The Hall–Kier alpha value is -1.95. The number of hydrogen-bond donors (Lipinski definition) is 1. The first-order chi connectivity index (χ1) is 9.28. The summed E-state index contributed by atoms with van der Waals surface area (Å²) >= 11 is 0. The molecule has 3 heterocycles. The zero-order chi connectivity index (χ0) is 13.2. The van der Waals surface area contributed by atoms with Crippen LogP contribution in [0, 0.1) is 5.92 Å². The van der Waals surface area contributed by atoms with Gasteiger partial charge in [-0.3, -0.25) is 4.40 Å². The Kier molecular flexibility index (Phi) is 3.16. The van der Waals surface area contributed by atoms with Gasteiger partial charge in [0, 0.05) is 12.6 Å². The van der Waals surface area contributed by atoms with Crippen molar-refractivity contribution < 1.29 is 9.53 Å². The van der Waals surface area contributed by atoms with Crippen LogP contribution in [0.4, 0.5) is 0 Å². The van der Waals surface area contributed by atoms with E-state index in [-0.39, 0.29) is 5.97 Å². The number of hydrogen-bond acceptors (Lipinski definition) is 5. The van der Waals surface area contributed by atoms with Gasteiger partial charge in [0.2, 0.25) is 0 Å². The van der Waals surface area contributed by atoms with Crippen LogP contribution in [0.25, 0.3) is 5.65 Å². The molecule has 0 spiro atoms. The van der Waals surface area contributed by atoms with E-state index in [0.717, 1.165) is 25.3 Å². The molecule has 1 saturated heterocycles. The molecule has 2 aromatic rings. The van der Waals surface area contributed by atoms with Gasteiger partial charge < -0.3 is 10.1 Å². The Morgan fingerprint density at radius 2 is 2.47 bits per heavy atom. The van der Waals surface area contributed by atoms with E-state index in [1.54, 1.807) is 12.1 Å². The fourth-order valence-electron chi connectivity index (χ4n) is 2.47. The van der Waals surface area contributed by atoms with E-state index in [4.69, 9.17) is 4.74 Å². The summed E-state index contributed by atoms with van der Waals surface area (Å²) in [4.78, 5) is 11.5. The van der Waals surface area contributed by atoms with Crippen LogP contribution in [0.15, 0.2) is 18.3 Å². The van der Waals surface area contributed by atoms with E-state index in [2.05, 4.69) is 15.5 Å². The van der Waals surface area contributed by atoms with Gasteiger partial charge in [-0.25, -0.2) is 4.79 Å². The van der Waals surface area contributed by atoms with E-state index >= 15 is 0 Å². The molecule has 19 heavy (non-hydrogen) atoms. The minimum absolute atomic E-state index is 0.355. The van der Waals surface area contributed by atoms with E-state index in [1.165, 1.54) is 13.5 Å². The van der Waals surface area contributed by atoms with E-state index in [0.29, 0.717) is 17.1 Å². The Labute approximate surface area is 110 Å². The van der Waals surface area contributed by atoms with Crippen LogP contribution in [-0.4, -0.2) is 40.8 Å². The molecular formula is C13H16N4O2. The second-order valence-corrected chi connectivity index (χ2v) is 4.81. The molecule has 2 aromatic heterocycles. The van der Waals surface area contributed by atoms with Gasteiger partial charge in [-0.2, -0.15) is 0 Å². The van der Waals surface area contributed by atoms with Crippen LogP contribution in [0.1, 0.15) is 22.6 Å². The molecule has 1 N–H and O–H groups in total. The third-order valence-corrected chi connectivity index (χ3v) is 3.54. The zero-order valence-electron chi connectivity index (χ0n) is 10.8. The number of methoxy groups -OCH3 is 1. The first-order valence-electron chi connectivity index (χ1n) is 6.40. The van der Waals surface area contributed by atoms with Gasteiger partial charge >= 0.3 is 5.97 Å². The van der Waals surface area contributed by atoms with Crippen molar-refractivity contribution in [2.45, 2.75) is 12.8 Å². The summed E-state index contributed by atoms with van der Waals surface area (Å²) in [5.74, 6) is 1.21. The predicted octanol–water partition coefficient (Wildman–Crippen LogP) is 0.668. The molecule has 0 amide bonds. The Bertz CT molecular complexity index is 602. The average molecular weight is 260 g/mol.